The van der Waals surface area contributed by atoms with Crippen molar-refractivity contribution in [2.45, 2.75) is 25.8 Å². The number of amides is 3. The first-order valence-corrected chi connectivity index (χ1v) is 7.19. The van der Waals surface area contributed by atoms with E-state index >= 15 is 0 Å². The Bertz CT molecular complexity index is 369. The monoisotopic (exact) mass is 301 g/mol. The Morgan fingerprint density at radius 2 is 1.85 bits per heavy atom. The normalized spacial score (nSPS) is 18.4. The molecule has 1 heterocycles. The Morgan fingerprint density at radius 3 is 2.30 bits per heavy atom. The number of thiocarbonyl (C=S) groups is 1. The highest BCUT2D eigenvalue weighted by Crippen LogP contribution is 2.11. The van der Waals surface area contributed by atoms with Crippen molar-refractivity contribution < 1.29 is 9.59 Å². The van der Waals surface area contributed by atoms with E-state index in [1.165, 1.54) is 0 Å². The van der Waals surface area contributed by atoms with Crippen molar-refractivity contribution in [3.8, 4) is 0 Å². The summed E-state index contributed by atoms with van der Waals surface area (Å²) in [6, 6.07) is -0.679. The van der Waals surface area contributed by atoms with Crippen LogP contribution in [0.5, 0.6) is 0 Å². The third kappa shape index (κ3) is 5.40. The van der Waals surface area contributed by atoms with E-state index < -0.39 is 6.03 Å². The first kappa shape index (κ1) is 16.8. The molecule has 1 atom stereocenters. The number of rotatable bonds is 6. The van der Waals surface area contributed by atoms with Gasteiger partial charge in [-0.15, -0.1) is 0 Å². The van der Waals surface area contributed by atoms with Crippen LogP contribution in [0.2, 0.25) is 0 Å². The van der Waals surface area contributed by atoms with E-state index in [-0.39, 0.29) is 18.5 Å². The fourth-order valence-electron chi connectivity index (χ4n) is 2.39. The van der Waals surface area contributed by atoms with Crippen molar-refractivity contribution in [2.75, 3.05) is 32.7 Å². The van der Waals surface area contributed by atoms with Crippen molar-refractivity contribution >= 4 is 29.1 Å². The van der Waals surface area contributed by atoms with Gasteiger partial charge in [0.1, 0.15) is 0 Å². The Kier molecular flexibility index (Phi) is 6.83. The van der Waals surface area contributed by atoms with Crippen LogP contribution in [-0.2, 0) is 4.79 Å². The average molecular weight is 301 g/mol. The maximum absolute atomic E-state index is 11.4. The number of nitrogens with one attached hydrogen (secondary N) is 1. The van der Waals surface area contributed by atoms with Gasteiger partial charge in [0, 0.05) is 26.2 Å². The lowest BCUT2D eigenvalue weighted by atomic mass is 10.1. The van der Waals surface area contributed by atoms with Crippen LogP contribution >= 0.6 is 12.2 Å². The second-order valence-corrected chi connectivity index (χ2v) is 5.40. The van der Waals surface area contributed by atoms with E-state index in [1.54, 1.807) is 0 Å². The van der Waals surface area contributed by atoms with E-state index in [1.807, 2.05) is 4.90 Å². The topological polar surface area (TPSA) is 105 Å². The van der Waals surface area contributed by atoms with Crippen molar-refractivity contribution in [1.29, 1.82) is 0 Å². The largest absolute Gasteiger partial charge is 0.392 e. The standard InChI is InChI=1S/C12H23N5O2S/c1-2-3-9(11(13)20)17-6-4-16(5-7-17)8-10(18)15-12(14)19/h9H,2-8H2,1H3,(H2,13,20)(H3,14,15,18,19). The molecule has 0 saturated carbocycles. The van der Waals surface area contributed by atoms with E-state index in [9.17, 15) is 9.59 Å². The van der Waals surface area contributed by atoms with Gasteiger partial charge in [-0.25, -0.2) is 4.79 Å². The zero-order chi connectivity index (χ0) is 15.1. The smallest absolute Gasteiger partial charge is 0.318 e. The maximum atomic E-state index is 11.4. The third-order valence-corrected chi connectivity index (χ3v) is 3.64. The molecule has 1 rings (SSSR count). The van der Waals surface area contributed by atoms with Crippen molar-refractivity contribution in [3.63, 3.8) is 0 Å². The summed E-state index contributed by atoms with van der Waals surface area (Å²) in [4.78, 5) is 26.8. The lowest BCUT2D eigenvalue weighted by Gasteiger charge is -2.38. The molecule has 0 spiro atoms. The predicted octanol–water partition coefficient (Wildman–Crippen LogP) is -0.746. The van der Waals surface area contributed by atoms with Gasteiger partial charge in [0.25, 0.3) is 0 Å². The van der Waals surface area contributed by atoms with Crippen LogP contribution in [0.15, 0.2) is 0 Å². The molecule has 1 fully saturated rings. The summed E-state index contributed by atoms with van der Waals surface area (Å²) >= 11 is 5.12. The second kappa shape index (κ2) is 8.13. The van der Waals surface area contributed by atoms with Gasteiger partial charge >= 0.3 is 6.03 Å². The highest BCUT2D eigenvalue weighted by molar-refractivity contribution is 7.80. The number of piperazine rings is 1. The van der Waals surface area contributed by atoms with Crippen LogP contribution in [0.1, 0.15) is 19.8 Å². The molecule has 114 valence electrons. The van der Waals surface area contributed by atoms with Crippen LogP contribution in [-0.4, -0.2) is 65.5 Å². The molecule has 3 amide bonds. The predicted molar refractivity (Wildman–Crippen MR) is 81.2 cm³/mol. The molecule has 0 radical (unpaired) electrons. The van der Waals surface area contributed by atoms with Gasteiger partial charge in [-0.1, -0.05) is 25.6 Å². The zero-order valence-corrected chi connectivity index (χ0v) is 12.6. The summed E-state index contributed by atoms with van der Waals surface area (Å²) in [5.74, 6) is -0.370. The number of urea groups is 1. The highest BCUT2D eigenvalue weighted by atomic mass is 32.1. The molecule has 1 aliphatic rings. The van der Waals surface area contributed by atoms with Gasteiger partial charge in [-0.05, 0) is 6.42 Å². The van der Waals surface area contributed by atoms with Gasteiger partial charge < -0.3 is 11.5 Å². The summed E-state index contributed by atoms with van der Waals surface area (Å²) in [5.41, 5.74) is 10.7. The molecule has 1 aliphatic heterocycles. The SMILES string of the molecule is CCCC(C(N)=S)N1CCN(CC(=O)NC(N)=O)CC1. The van der Waals surface area contributed by atoms with Gasteiger partial charge in [-0.2, -0.15) is 0 Å². The molecule has 1 unspecified atom stereocenters. The molecule has 0 aromatic heterocycles. The molecule has 5 N–H and O–H groups in total. The Hall–Kier alpha value is -1.25. The molecule has 0 aromatic carbocycles. The minimum atomic E-state index is -0.815. The van der Waals surface area contributed by atoms with Gasteiger partial charge in [0.15, 0.2) is 0 Å². The second-order valence-electron chi connectivity index (χ2n) is 4.93. The summed E-state index contributed by atoms with van der Waals surface area (Å²) in [6.45, 7) is 5.40. The molecule has 0 bridgehead atoms. The number of hydrogen-bond donors (Lipinski definition) is 3. The van der Waals surface area contributed by atoms with E-state index in [0.717, 1.165) is 39.0 Å². The molecule has 0 aromatic rings. The fourth-order valence-corrected chi connectivity index (χ4v) is 2.66. The number of carbonyl (C=O) groups is 2. The molecular formula is C12H23N5O2S. The van der Waals surface area contributed by atoms with Gasteiger partial charge in [0.2, 0.25) is 5.91 Å². The number of carbonyl (C=O) groups excluding carboxylic acids is 2. The zero-order valence-electron chi connectivity index (χ0n) is 11.8. The lowest BCUT2D eigenvalue weighted by Crippen LogP contribution is -2.55. The van der Waals surface area contributed by atoms with Crippen LogP contribution in [0.4, 0.5) is 4.79 Å². The Labute approximate surface area is 124 Å². The maximum Gasteiger partial charge on any atom is 0.318 e. The third-order valence-electron chi connectivity index (χ3n) is 3.37. The van der Waals surface area contributed by atoms with Crippen LogP contribution in [0, 0.1) is 0 Å². The number of nitrogens with two attached hydrogens (primary N) is 2. The molecule has 1 saturated heterocycles. The van der Waals surface area contributed by atoms with Gasteiger partial charge in [0.05, 0.1) is 17.6 Å². The Balaban J connectivity index is 2.40. The van der Waals surface area contributed by atoms with E-state index in [4.69, 9.17) is 23.7 Å². The quantitative estimate of drug-likeness (QED) is 0.558. The van der Waals surface area contributed by atoms with Crippen molar-refractivity contribution in [1.82, 2.24) is 15.1 Å². The minimum Gasteiger partial charge on any atom is -0.392 e. The average Bonchev–Trinajstić information content (AvgIpc) is 2.35. The number of primary amides is 1. The van der Waals surface area contributed by atoms with Gasteiger partial charge in [-0.3, -0.25) is 19.9 Å². The lowest BCUT2D eigenvalue weighted by molar-refractivity contribution is -0.121. The molecule has 0 aliphatic carbocycles. The molecule has 7 nitrogen and oxygen atoms in total. The summed E-state index contributed by atoms with van der Waals surface area (Å²) in [7, 11) is 0. The molecular weight excluding hydrogens is 278 g/mol. The van der Waals surface area contributed by atoms with Crippen LogP contribution < -0.4 is 16.8 Å². The number of imide groups is 1. The van der Waals surface area contributed by atoms with Crippen LogP contribution in [0.3, 0.4) is 0 Å². The summed E-state index contributed by atoms with van der Waals surface area (Å²) in [5, 5.41) is 2.07. The fraction of sp³-hybridized carbons (Fsp3) is 0.750. The van der Waals surface area contributed by atoms with E-state index in [0.29, 0.717) is 4.99 Å². The number of hydrogen-bond acceptors (Lipinski definition) is 5. The van der Waals surface area contributed by atoms with Crippen LogP contribution in [0.25, 0.3) is 0 Å². The first-order valence-electron chi connectivity index (χ1n) is 6.79. The first-order chi connectivity index (χ1) is 9.43. The summed E-state index contributed by atoms with van der Waals surface area (Å²) < 4.78 is 0. The molecule has 20 heavy (non-hydrogen) atoms. The summed E-state index contributed by atoms with van der Waals surface area (Å²) in [6.07, 6.45) is 1.99. The van der Waals surface area contributed by atoms with E-state index in [2.05, 4.69) is 17.1 Å². The minimum absolute atomic E-state index is 0.136. The van der Waals surface area contributed by atoms with Crippen molar-refractivity contribution in [2.24, 2.45) is 11.5 Å². The van der Waals surface area contributed by atoms with Crippen molar-refractivity contribution in [3.05, 3.63) is 0 Å². The molecule has 8 heteroatoms. The Morgan fingerprint density at radius 1 is 1.25 bits per heavy atom. The number of nitrogens with zero attached hydrogens (tertiary/aromatic N) is 2. The highest BCUT2D eigenvalue weighted by Gasteiger charge is 2.25.